The van der Waals surface area contributed by atoms with Gasteiger partial charge in [0.15, 0.2) is 5.78 Å². The van der Waals surface area contributed by atoms with Crippen LogP contribution in [0.5, 0.6) is 5.75 Å². The number of ketones is 1. The van der Waals surface area contributed by atoms with Gasteiger partial charge in [0.1, 0.15) is 5.75 Å². The van der Waals surface area contributed by atoms with Gasteiger partial charge in [-0.3, -0.25) is 9.59 Å². The molecule has 1 aliphatic heterocycles. The average molecular weight is 275 g/mol. The first kappa shape index (κ1) is 14.6. The van der Waals surface area contributed by atoms with Crippen molar-refractivity contribution in [2.75, 3.05) is 20.2 Å². The maximum Gasteiger partial charge on any atom is 0.223 e. The van der Waals surface area contributed by atoms with Crippen LogP contribution in [0.15, 0.2) is 24.3 Å². The number of benzene rings is 1. The van der Waals surface area contributed by atoms with Crippen LogP contribution >= 0.6 is 0 Å². The van der Waals surface area contributed by atoms with Crippen molar-refractivity contribution in [1.82, 2.24) is 4.90 Å². The van der Waals surface area contributed by atoms with Gasteiger partial charge in [-0.15, -0.1) is 0 Å². The van der Waals surface area contributed by atoms with Crippen molar-refractivity contribution < 1.29 is 14.3 Å². The third-order valence-electron chi connectivity index (χ3n) is 3.91. The number of likely N-dealkylation sites (tertiary alicyclic amines) is 1. The number of amides is 1. The molecule has 1 atom stereocenters. The zero-order valence-corrected chi connectivity index (χ0v) is 12.3. The molecule has 1 saturated heterocycles. The predicted octanol–water partition coefficient (Wildman–Crippen LogP) is 2.38. The van der Waals surface area contributed by atoms with E-state index < -0.39 is 0 Å². The summed E-state index contributed by atoms with van der Waals surface area (Å²) in [6.07, 6.45) is 0.559. The van der Waals surface area contributed by atoms with E-state index in [0.717, 1.165) is 0 Å². The third-order valence-corrected chi connectivity index (χ3v) is 3.91. The molecule has 0 spiro atoms. The fourth-order valence-electron chi connectivity index (χ4n) is 2.46. The minimum absolute atomic E-state index is 0.0401. The van der Waals surface area contributed by atoms with E-state index in [4.69, 9.17) is 4.74 Å². The Morgan fingerprint density at radius 1 is 1.45 bits per heavy atom. The van der Waals surface area contributed by atoms with Crippen LogP contribution in [0.3, 0.4) is 0 Å². The number of methoxy groups -OCH3 is 1. The summed E-state index contributed by atoms with van der Waals surface area (Å²) >= 11 is 0. The Hall–Kier alpha value is -1.84. The van der Waals surface area contributed by atoms with E-state index in [0.29, 0.717) is 36.1 Å². The zero-order valence-electron chi connectivity index (χ0n) is 12.3. The number of nitrogens with zero attached hydrogens (tertiary/aromatic N) is 1. The lowest BCUT2D eigenvalue weighted by Crippen LogP contribution is -2.31. The molecule has 1 aromatic carbocycles. The van der Waals surface area contributed by atoms with E-state index in [1.165, 1.54) is 0 Å². The normalized spacial score (nSPS) is 18.7. The molecule has 20 heavy (non-hydrogen) atoms. The van der Waals surface area contributed by atoms with Gasteiger partial charge < -0.3 is 9.64 Å². The van der Waals surface area contributed by atoms with Crippen molar-refractivity contribution in [2.24, 2.45) is 11.8 Å². The van der Waals surface area contributed by atoms with Gasteiger partial charge in [0.25, 0.3) is 0 Å². The fourth-order valence-corrected chi connectivity index (χ4v) is 2.46. The maximum absolute atomic E-state index is 12.2. The van der Waals surface area contributed by atoms with Crippen LogP contribution in [-0.4, -0.2) is 36.8 Å². The molecule has 0 saturated carbocycles. The van der Waals surface area contributed by atoms with Crippen LogP contribution in [0.1, 0.15) is 30.6 Å². The number of ether oxygens (including phenoxy) is 1. The van der Waals surface area contributed by atoms with Gasteiger partial charge in [0.2, 0.25) is 5.91 Å². The summed E-state index contributed by atoms with van der Waals surface area (Å²) in [5.41, 5.74) is 0.588. The molecule has 4 nitrogen and oxygen atoms in total. The highest BCUT2D eigenvalue weighted by Gasteiger charge is 2.32. The van der Waals surface area contributed by atoms with Crippen LogP contribution in [0, 0.1) is 11.8 Å². The Labute approximate surface area is 119 Å². The topological polar surface area (TPSA) is 46.6 Å². The van der Waals surface area contributed by atoms with E-state index in [2.05, 4.69) is 13.8 Å². The van der Waals surface area contributed by atoms with Gasteiger partial charge in [-0.25, -0.2) is 0 Å². The summed E-state index contributed by atoms with van der Waals surface area (Å²) < 4.78 is 5.11. The summed E-state index contributed by atoms with van der Waals surface area (Å²) in [7, 11) is 1.57. The van der Waals surface area contributed by atoms with Gasteiger partial charge in [0.05, 0.1) is 13.7 Å². The van der Waals surface area contributed by atoms with E-state index in [9.17, 15) is 9.59 Å². The molecular weight excluding hydrogens is 254 g/mol. The van der Waals surface area contributed by atoms with Crippen molar-refractivity contribution in [3.05, 3.63) is 29.8 Å². The van der Waals surface area contributed by atoms with E-state index >= 15 is 0 Å². The molecule has 0 N–H and O–H groups in total. The summed E-state index contributed by atoms with van der Waals surface area (Å²) in [6, 6.07) is 7.05. The number of hydrogen-bond acceptors (Lipinski definition) is 3. The summed E-state index contributed by atoms with van der Waals surface area (Å²) in [6.45, 7) is 5.08. The van der Waals surface area contributed by atoms with Crippen LogP contribution < -0.4 is 4.74 Å². The number of rotatable bonds is 5. The molecular formula is C16H21NO3. The Bertz CT molecular complexity index is 510. The Balaban J connectivity index is 2.02. The maximum atomic E-state index is 12.2. The van der Waals surface area contributed by atoms with Gasteiger partial charge in [-0.1, -0.05) is 26.0 Å². The number of carbonyl (C=O) groups is 2. The molecule has 0 aromatic heterocycles. The third kappa shape index (κ3) is 3.18. The second-order valence-electron chi connectivity index (χ2n) is 5.64. The Kier molecular flexibility index (Phi) is 4.42. The number of Topliss-reactive ketones (excluding diaryl/α,β-unsaturated/α-hetero) is 1. The second kappa shape index (κ2) is 6.07. The molecule has 108 valence electrons. The predicted molar refractivity (Wildman–Crippen MR) is 76.8 cm³/mol. The highest BCUT2D eigenvalue weighted by atomic mass is 16.5. The smallest absolute Gasteiger partial charge is 0.223 e. The highest BCUT2D eigenvalue weighted by Crippen LogP contribution is 2.25. The molecule has 1 aliphatic rings. The average Bonchev–Trinajstić information content (AvgIpc) is 2.80. The Morgan fingerprint density at radius 2 is 2.20 bits per heavy atom. The molecule has 1 amide bonds. The first-order valence-electron chi connectivity index (χ1n) is 6.96. The van der Waals surface area contributed by atoms with Crippen molar-refractivity contribution in [3.63, 3.8) is 0 Å². The van der Waals surface area contributed by atoms with Crippen molar-refractivity contribution >= 4 is 11.7 Å². The zero-order chi connectivity index (χ0) is 14.7. The lowest BCUT2D eigenvalue weighted by Gasteiger charge is -2.17. The summed E-state index contributed by atoms with van der Waals surface area (Å²) in [4.78, 5) is 25.8. The van der Waals surface area contributed by atoms with E-state index in [1.54, 1.807) is 36.3 Å². The molecule has 1 fully saturated rings. The molecule has 1 unspecified atom stereocenters. The largest absolute Gasteiger partial charge is 0.497 e. The van der Waals surface area contributed by atoms with Crippen LogP contribution in [-0.2, 0) is 4.79 Å². The summed E-state index contributed by atoms with van der Waals surface area (Å²) in [5, 5.41) is 0. The van der Waals surface area contributed by atoms with Gasteiger partial charge >= 0.3 is 0 Å². The standard InChI is InChI=1S/C16H21NO3/c1-11(2)13-8-16(19)17(9-13)10-15(18)12-5-4-6-14(7-12)20-3/h4-7,11,13H,8-10H2,1-3H3. The number of carbonyl (C=O) groups excluding carboxylic acids is 2. The molecule has 1 aromatic rings. The van der Waals surface area contributed by atoms with Crippen molar-refractivity contribution in [3.8, 4) is 5.75 Å². The lowest BCUT2D eigenvalue weighted by atomic mass is 9.95. The molecule has 0 radical (unpaired) electrons. The molecule has 0 bridgehead atoms. The quantitative estimate of drug-likeness (QED) is 0.775. The van der Waals surface area contributed by atoms with Crippen LogP contribution in [0.4, 0.5) is 0 Å². The SMILES string of the molecule is COc1cccc(C(=O)CN2CC(C(C)C)CC2=O)c1. The highest BCUT2D eigenvalue weighted by molar-refractivity contribution is 5.99. The fraction of sp³-hybridized carbons (Fsp3) is 0.500. The molecule has 0 aliphatic carbocycles. The summed E-state index contributed by atoms with van der Waals surface area (Å²) in [5.74, 6) is 1.53. The Morgan fingerprint density at radius 3 is 2.80 bits per heavy atom. The number of hydrogen-bond donors (Lipinski definition) is 0. The molecule has 2 rings (SSSR count). The first-order valence-corrected chi connectivity index (χ1v) is 6.96. The van der Waals surface area contributed by atoms with Gasteiger partial charge in [-0.05, 0) is 24.0 Å². The van der Waals surface area contributed by atoms with Crippen LogP contribution in [0.25, 0.3) is 0 Å². The van der Waals surface area contributed by atoms with E-state index in [-0.39, 0.29) is 18.2 Å². The minimum Gasteiger partial charge on any atom is -0.497 e. The monoisotopic (exact) mass is 275 g/mol. The van der Waals surface area contributed by atoms with Gasteiger partial charge in [-0.2, -0.15) is 0 Å². The van der Waals surface area contributed by atoms with E-state index in [1.807, 2.05) is 0 Å². The lowest BCUT2D eigenvalue weighted by molar-refractivity contribution is -0.127. The second-order valence-corrected chi connectivity index (χ2v) is 5.64. The van der Waals surface area contributed by atoms with Crippen molar-refractivity contribution in [2.45, 2.75) is 20.3 Å². The molecule has 1 heterocycles. The van der Waals surface area contributed by atoms with Crippen LogP contribution in [0.2, 0.25) is 0 Å². The first-order chi connectivity index (χ1) is 9.51. The minimum atomic E-state index is -0.0401. The molecule has 4 heteroatoms. The van der Waals surface area contributed by atoms with Crippen molar-refractivity contribution in [1.29, 1.82) is 0 Å². The van der Waals surface area contributed by atoms with Gasteiger partial charge in [0, 0.05) is 18.5 Å².